The van der Waals surface area contributed by atoms with E-state index in [9.17, 15) is 18.0 Å². The molecular weight excluding hydrogens is 527 g/mol. The van der Waals surface area contributed by atoms with Gasteiger partial charge in [-0.25, -0.2) is 4.79 Å². The van der Waals surface area contributed by atoms with Crippen LogP contribution in [0.3, 0.4) is 0 Å². The van der Waals surface area contributed by atoms with E-state index in [0.717, 1.165) is 19.8 Å². The van der Waals surface area contributed by atoms with E-state index in [4.69, 9.17) is 14.6 Å². The van der Waals surface area contributed by atoms with E-state index in [1.165, 1.54) is 24.1 Å². The van der Waals surface area contributed by atoms with Crippen molar-refractivity contribution in [2.24, 2.45) is 0 Å². The number of aliphatic hydroxyl groups excluding tert-OH is 1. The average Bonchev–Trinajstić information content (AvgIpc) is 2.75. The maximum atomic E-state index is 11.1. The predicted molar refractivity (Wildman–Crippen MR) is 147 cm³/mol. The van der Waals surface area contributed by atoms with Crippen molar-refractivity contribution in [2.45, 2.75) is 85.8 Å². The van der Waals surface area contributed by atoms with Gasteiger partial charge in [-0.05, 0) is 60.6 Å². The summed E-state index contributed by atoms with van der Waals surface area (Å²) in [7, 11) is 3.37. The molecule has 0 spiro atoms. The molecule has 37 heavy (non-hydrogen) atoms. The molecule has 1 N–H and O–H groups in total. The van der Waals surface area contributed by atoms with Gasteiger partial charge in [0.1, 0.15) is 11.2 Å². The quantitative estimate of drug-likeness (QED) is 0.418. The Bertz CT molecular complexity index is 786. The van der Waals surface area contributed by atoms with E-state index >= 15 is 0 Å². The molecular formula is C25H51KN2O8S. The maximum absolute atomic E-state index is 11.1. The van der Waals surface area contributed by atoms with Crippen molar-refractivity contribution in [3.8, 4) is 0 Å². The van der Waals surface area contributed by atoms with E-state index < -0.39 is 21.8 Å². The summed E-state index contributed by atoms with van der Waals surface area (Å²) in [6, 6.07) is 6.50. The molecule has 0 bridgehead atoms. The number of aryl methyl sites for hydroxylation is 1. The first-order valence-corrected chi connectivity index (χ1v) is 12.3. The van der Waals surface area contributed by atoms with Crippen molar-refractivity contribution in [2.75, 3.05) is 35.4 Å². The molecule has 0 aliphatic heterocycles. The number of hydrogen-bond donors (Lipinski definition) is 1. The van der Waals surface area contributed by atoms with Crippen LogP contribution in [0.4, 0.5) is 9.59 Å². The molecule has 0 fully saturated rings. The van der Waals surface area contributed by atoms with Crippen LogP contribution in [0, 0.1) is 6.92 Å². The largest absolute Gasteiger partial charge is 1.00 e. The Hall–Kier alpha value is -0.734. The van der Waals surface area contributed by atoms with Crippen molar-refractivity contribution in [1.82, 2.24) is 4.90 Å². The first-order valence-electron chi connectivity index (χ1n) is 10.9. The molecule has 216 valence electrons. The Morgan fingerprint density at radius 3 is 1.43 bits per heavy atom. The molecule has 0 aliphatic carbocycles. The van der Waals surface area contributed by atoms with Gasteiger partial charge in [-0.2, -0.15) is 8.42 Å². The van der Waals surface area contributed by atoms with Gasteiger partial charge in [-0.3, -0.25) is 8.98 Å². The van der Waals surface area contributed by atoms with Crippen LogP contribution in [-0.4, -0.2) is 77.2 Å². The van der Waals surface area contributed by atoms with E-state index in [2.05, 4.69) is 9.50 Å². The molecule has 0 aliphatic rings. The third kappa shape index (κ3) is 33.2. The number of nitrogens with zero attached hydrogens (tertiary/aromatic N) is 2. The van der Waals surface area contributed by atoms with Crippen LogP contribution >= 0.6 is 0 Å². The predicted octanol–water partition coefficient (Wildman–Crippen LogP) is 3.01. The van der Waals surface area contributed by atoms with Crippen LogP contribution in [0.1, 0.15) is 68.4 Å². The molecule has 0 atom stereocenters. The van der Waals surface area contributed by atoms with E-state index in [1.54, 1.807) is 47.0 Å². The molecule has 0 radical (unpaired) electrons. The summed E-state index contributed by atoms with van der Waals surface area (Å²) >= 11 is 0. The Morgan fingerprint density at radius 2 is 1.24 bits per heavy atom. The zero-order valence-electron chi connectivity index (χ0n) is 24.9. The number of carbonyl (C=O) groups is 2. The van der Waals surface area contributed by atoms with Crippen LogP contribution in [0.5, 0.6) is 0 Å². The number of carbonyl (C=O) groups excluding carboxylic acids is 2. The van der Waals surface area contributed by atoms with Crippen molar-refractivity contribution in [1.29, 1.82) is 0 Å². The van der Waals surface area contributed by atoms with Crippen molar-refractivity contribution in [3.63, 3.8) is 0 Å². The van der Waals surface area contributed by atoms with Gasteiger partial charge >= 0.3 is 57.5 Å². The number of amides is 2. The average molecular weight is 579 g/mol. The summed E-state index contributed by atoms with van der Waals surface area (Å²) in [5.41, 5.74) is 0.211. The summed E-state index contributed by atoms with van der Waals surface area (Å²) in [5.74, 6) is 0. The SMILES string of the molecule is C.CC.CN(C)C(=O)OC(C)(C)C.CO.COS(=O)(=O)c1ccc(C)cc1.C[N-]C(=O)OC(C)(C)C.[K+]. The monoisotopic (exact) mass is 578 g/mol. The number of ether oxygens (including phenoxy) is 2. The van der Waals surface area contributed by atoms with Gasteiger partial charge in [-0.15, -0.1) is 7.05 Å². The molecule has 0 unspecified atom stereocenters. The van der Waals surface area contributed by atoms with Gasteiger partial charge in [0, 0.05) is 21.2 Å². The van der Waals surface area contributed by atoms with Crippen LogP contribution in [0.25, 0.3) is 5.32 Å². The summed E-state index contributed by atoms with van der Waals surface area (Å²) in [6.45, 7) is 16.8. The molecule has 10 nitrogen and oxygen atoms in total. The minimum absolute atomic E-state index is 0. The molecule has 0 saturated heterocycles. The third-order valence-corrected chi connectivity index (χ3v) is 4.15. The summed E-state index contributed by atoms with van der Waals surface area (Å²) in [5, 5.41) is 10.3. The fourth-order valence-corrected chi connectivity index (χ4v) is 2.12. The first kappa shape index (κ1) is 49.2. The second kappa shape index (κ2) is 25.5. The van der Waals surface area contributed by atoms with Crippen LogP contribution < -0.4 is 51.4 Å². The number of hydrogen-bond acceptors (Lipinski definition) is 8. The maximum Gasteiger partial charge on any atom is 1.00 e. The first-order chi connectivity index (χ1) is 15.8. The van der Waals surface area contributed by atoms with Gasteiger partial charge in [0.05, 0.1) is 12.0 Å². The minimum Gasteiger partial charge on any atom is -0.620 e. The van der Waals surface area contributed by atoms with Crippen LogP contribution in [0.2, 0.25) is 0 Å². The molecule has 2 amide bonds. The van der Waals surface area contributed by atoms with Crippen molar-refractivity contribution in [3.05, 3.63) is 35.1 Å². The summed E-state index contributed by atoms with van der Waals surface area (Å²) in [6.07, 6.45) is -0.810. The van der Waals surface area contributed by atoms with Gasteiger partial charge in [0.25, 0.3) is 10.1 Å². The molecule has 12 heteroatoms. The Labute approximate surface area is 269 Å². The summed E-state index contributed by atoms with van der Waals surface area (Å²) < 4.78 is 36.3. The number of benzene rings is 1. The van der Waals surface area contributed by atoms with Crippen molar-refractivity contribution >= 4 is 22.3 Å². The fraction of sp³-hybridized carbons (Fsp3) is 0.680. The van der Waals surface area contributed by atoms with Crippen molar-refractivity contribution < 1.29 is 88.2 Å². The van der Waals surface area contributed by atoms with Crippen LogP contribution in [0.15, 0.2) is 29.2 Å². The van der Waals surface area contributed by atoms with Gasteiger partial charge in [-0.1, -0.05) is 39.0 Å². The molecule has 0 aromatic heterocycles. The molecule has 1 aromatic carbocycles. The Kier molecular flexibility index (Phi) is 34.0. The van der Waals surface area contributed by atoms with Gasteiger partial charge in [0.2, 0.25) is 6.09 Å². The number of rotatable bonds is 2. The molecule has 0 heterocycles. The Balaban J connectivity index is -0.0000000896. The molecule has 1 aromatic rings. The zero-order valence-corrected chi connectivity index (χ0v) is 28.9. The van der Waals surface area contributed by atoms with Crippen LogP contribution in [-0.2, 0) is 23.8 Å². The molecule has 1 rings (SSSR count). The van der Waals surface area contributed by atoms with E-state index in [0.29, 0.717) is 0 Å². The minimum atomic E-state index is -3.51. The third-order valence-electron chi connectivity index (χ3n) is 2.86. The Morgan fingerprint density at radius 1 is 0.892 bits per heavy atom. The fourth-order valence-electron chi connectivity index (χ4n) is 1.46. The van der Waals surface area contributed by atoms with Gasteiger partial charge in [0.15, 0.2) is 0 Å². The van der Waals surface area contributed by atoms with Gasteiger partial charge < -0.3 is 24.8 Å². The molecule has 0 saturated carbocycles. The van der Waals surface area contributed by atoms with E-state index in [1.807, 2.05) is 41.5 Å². The second-order valence-corrected chi connectivity index (χ2v) is 10.2. The second-order valence-electron chi connectivity index (χ2n) is 8.51. The topological polar surface area (TPSA) is 134 Å². The summed E-state index contributed by atoms with van der Waals surface area (Å²) in [4.78, 5) is 22.9. The zero-order chi connectivity index (χ0) is 29.0. The number of aliphatic hydroxyl groups is 1. The standard InChI is InChI=1S/C8H10O3S.C7H15NO2.C6H13NO2.C2H6.CH4O.CH4.K/c1-7-3-5-8(6-4-7)12(9,10)11-2;1-7(2,3)10-6(9)8(4)5;1-6(2,3)9-5(8)7-4;2*1-2;;/h3-6H,1-2H3;1-5H3;1-4H3,(H,7,8);1-2H3;2H,1H3;1H4;/q;;;;;;+1/p-1. The smallest absolute Gasteiger partial charge is 0.620 e. The van der Waals surface area contributed by atoms with E-state index in [-0.39, 0.29) is 75.4 Å². The normalized spacial score (nSPS) is 9.59.